The number of likely N-dealkylation sites (N-methyl/N-ethyl adjacent to an activating group) is 1. The Labute approximate surface area is 149 Å². The van der Waals surface area contributed by atoms with Gasteiger partial charge in [0.05, 0.1) is 12.8 Å². The molecule has 2 atom stereocenters. The lowest BCUT2D eigenvalue weighted by atomic mass is 9.92. The molecule has 0 unspecified atom stereocenters. The molecule has 0 aliphatic carbocycles. The maximum absolute atomic E-state index is 12.6. The summed E-state index contributed by atoms with van der Waals surface area (Å²) < 4.78 is 80.4. The molecule has 0 bridgehead atoms. The summed E-state index contributed by atoms with van der Waals surface area (Å²) in [7, 11) is 0. The molecule has 3 rings (SSSR count). The summed E-state index contributed by atoms with van der Waals surface area (Å²) in [6, 6.07) is -1.12. The number of hydrogen-bond donors (Lipinski definition) is 1. The monoisotopic (exact) mass is 322 g/mol. The van der Waals surface area contributed by atoms with Crippen LogP contribution >= 0.6 is 0 Å². The number of carbonyl (C=O) groups excluding carboxylic acids is 1. The minimum Gasteiger partial charge on any atom is -0.354 e. The van der Waals surface area contributed by atoms with Crippen molar-refractivity contribution in [3.63, 3.8) is 0 Å². The van der Waals surface area contributed by atoms with E-state index >= 15 is 0 Å². The van der Waals surface area contributed by atoms with E-state index in [1.54, 1.807) is 0 Å². The van der Waals surface area contributed by atoms with Crippen LogP contribution in [0.5, 0.6) is 0 Å². The van der Waals surface area contributed by atoms with Crippen LogP contribution in [-0.4, -0.2) is 58.3 Å². The first-order chi connectivity index (χ1) is 15.0. The number of aromatic nitrogens is 3. The normalized spacial score (nSPS) is 32.5. The highest BCUT2D eigenvalue weighted by atomic mass is 16.2. The molecule has 3 heterocycles. The van der Waals surface area contributed by atoms with Gasteiger partial charge in [-0.05, 0) is 18.4 Å². The quantitative estimate of drug-likeness (QED) is 0.871. The third kappa shape index (κ3) is 2.84. The number of amides is 1. The molecule has 2 aromatic heterocycles. The summed E-state index contributed by atoms with van der Waals surface area (Å²) in [5.41, 5.74) is 0.0985. The van der Waals surface area contributed by atoms with Crippen LogP contribution in [0.4, 0.5) is 5.82 Å². The molecule has 7 nitrogen and oxygen atoms in total. The van der Waals surface area contributed by atoms with Crippen molar-refractivity contribution in [3.8, 4) is 0 Å². The van der Waals surface area contributed by atoms with Crippen LogP contribution in [0.1, 0.15) is 27.0 Å². The topological polar surface area (TPSA) is 69.5 Å². The van der Waals surface area contributed by atoms with Gasteiger partial charge in [-0.3, -0.25) is 4.79 Å². The Morgan fingerprint density at radius 2 is 2.70 bits per heavy atom. The number of likely N-dealkylation sites (tertiary alicyclic amines) is 1. The number of hydrogen-bond acceptors (Lipinski definition) is 4. The molecule has 23 heavy (non-hydrogen) atoms. The van der Waals surface area contributed by atoms with Crippen molar-refractivity contribution in [2.75, 3.05) is 31.5 Å². The number of nitrogens with zero attached hydrogens (tertiary/aromatic N) is 5. The number of nitrogens with one attached hydrogen (secondary N) is 1. The molecule has 2 aromatic rings. The molecule has 1 N–H and O–H groups in total. The van der Waals surface area contributed by atoms with E-state index < -0.39 is 56.8 Å². The van der Waals surface area contributed by atoms with Gasteiger partial charge in [0.25, 0.3) is 6.50 Å². The van der Waals surface area contributed by atoms with E-state index in [0.29, 0.717) is 4.90 Å². The zero-order chi connectivity index (χ0) is 25.0. The zero-order valence-electron chi connectivity index (χ0n) is 22.0. The van der Waals surface area contributed by atoms with Crippen molar-refractivity contribution in [1.82, 2.24) is 19.9 Å². The lowest BCUT2D eigenvalue weighted by Crippen LogP contribution is -2.53. The fourth-order valence-corrected chi connectivity index (χ4v) is 2.48. The maximum atomic E-state index is 12.6. The van der Waals surface area contributed by atoms with Gasteiger partial charge in [0.1, 0.15) is 21.9 Å². The fourth-order valence-electron chi connectivity index (χ4n) is 2.48. The van der Waals surface area contributed by atoms with Crippen molar-refractivity contribution < 1.29 is 18.5 Å². The Hall–Kier alpha value is -2.62. The standard InChI is InChI=1S/C16H20N6O/c1-11-5-7-22(14(23)8-17-2)9-13(11)21(3)16-12-4-6-18-15(12)19-10-20-16/h4,6,10-11,13H,5,7-9H2,1,3H3,(H,18,19,20)/t11-,13+/m1/s1/i1D3,3D3,8D2,10D,13D. The molecule has 0 aromatic carbocycles. The largest absolute Gasteiger partial charge is 0.354 e. The predicted octanol–water partition coefficient (Wildman–Crippen LogP) is 1.55. The highest BCUT2D eigenvalue weighted by Crippen LogP contribution is 2.28. The summed E-state index contributed by atoms with van der Waals surface area (Å²) in [4.78, 5) is 27.0. The number of H-pyrrole nitrogens is 1. The summed E-state index contributed by atoms with van der Waals surface area (Å²) >= 11 is 0. The maximum Gasteiger partial charge on any atom is 0.302 e. The van der Waals surface area contributed by atoms with Gasteiger partial charge in [0, 0.05) is 34.5 Å². The third-order valence-corrected chi connectivity index (χ3v) is 3.66. The number of carbonyl (C=O) groups is 1. The molecule has 0 saturated carbocycles. The lowest BCUT2D eigenvalue weighted by molar-refractivity contribution is -0.130. The molecule has 1 amide bonds. The average Bonchev–Trinajstić information content (AvgIpc) is 3.13. The van der Waals surface area contributed by atoms with Crippen molar-refractivity contribution >= 4 is 22.8 Å². The first-order valence-corrected chi connectivity index (χ1v) is 6.82. The molecule has 0 radical (unpaired) electrons. The van der Waals surface area contributed by atoms with Crippen LogP contribution in [0.3, 0.4) is 0 Å². The molecular weight excluding hydrogens is 292 g/mol. The van der Waals surface area contributed by atoms with Gasteiger partial charge in [-0.1, -0.05) is 6.85 Å². The molecular formula is C16H20N6O. The van der Waals surface area contributed by atoms with Gasteiger partial charge < -0.3 is 19.6 Å². The van der Waals surface area contributed by atoms with Crippen molar-refractivity contribution in [2.45, 2.75) is 19.3 Å². The lowest BCUT2D eigenvalue weighted by Gasteiger charge is -2.41. The van der Waals surface area contributed by atoms with Crippen molar-refractivity contribution in [2.24, 2.45) is 5.92 Å². The number of rotatable bonds is 3. The van der Waals surface area contributed by atoms with Gasteiger partial charge in [-0.25, -0.2) is 16.5 Å². The van der Waals surface area contributed by atoms with Gasteiger partial charge in [0.2, 0.25) is 0 Å². The Bertz CT molecular complexity index is 1110. The number of aromatic amines is 1. The second-order valence-electron chi connectivity index (χ2n) is 5.01. The highest BCUT2D eigenvalue weighted by molar-refractivity contribution is 5.87. The van der Waals surface area contributed by atoms with E-state index in [4.69, 9.17) is 20.3 Å². The number of fused-ring (bicyclic) bond motifs is 1. The average molecular weight is 322 g/mol. The Morgan fingerprint density at radius 1 is 1.78 bits per heavy atom. The third-order valence-electron chi connectivity index (χ3n) is 3.66. The van der Waals surface area contributed by atoms with Gasteiger partial charge >= 0.3 is 5.91 Å². The van der Waals surface area contributed by atoms with Crippen LogP contribution in [0.15, 0.2) is 18.6 Å². The van der Waals surface area contributed by atoms with Crippen LogP contribution in [-0.2, 0) is 4.79 Å². The van der Waals surface area contributed by atoms with Crippen LogP contribution in [0.25, 0.3) is 15.9 Å². The van der Waals surface area contributed by atoms with E-state index in [2.05, 4.69) is 19.8 Å². The Balaban J connectivity index is 2.24. The molecule has 7 heteroatoms. The van der Waals surface area contributed by atoms with E-state index in [1.165, 1.54) is 12.3 Å². The summed E-state index contributed by atoms with van der Waals surface area (Å²) in [5, 5.41) is 0.123. The van der Waals surface area contributed by atoms with Crippen LogP contribution < -0.4 is 4.90 Å². The fraction of sp³-hybridized carbons (Fsp3) is 0.500. The first kappa shape index (κ1) is 7.30. The minimum absolute atomic E-state index is 0.0985. The second-order valence-corrected chi connectivity index (χ2v) is 5.01. The highest BCUT2D eigenvalue weighted by Gasteiger charge is 2.33. The summed E-state index contributed by atoms with van der Waals surface area (Å²) in [6.45, 7) is -3.07. The molecule has 1 aliphatic rings. The van der Waals surface area contributed by atoms with Crippen LogP contribution in [0, 0.1) is 12.5 Å². The van der Waals surface area contributed by atoms with E-state index in [-0.39, 0.29) is 24.0 Å². The van der Waals surface area contributed by atoms with Crippen molar-refractivity contribution in [3.05, 3.63) is 30.0 Å². The number of anilines is 1. The first-order valence-electron chi connectivity index (χ1n) is 11.8. The zero-order valence-corrected chi connectivity index (χ0v) is 12.0. The van der Waals surface area contributed by atoms with Gasteiger partial charge in [-0.15, -0.1) is 0 Å². The second kappa shape index (κ2) is 6.24. The Morgan fingerprint density at radius 3 is 3.48 bits per heavy atom. The van der Waals surface area contributed by atoms with Crippen molar-refractivity contribution in [1.29, 1.82) is 0 Å². The SMILES string of the molecule is [2H]c1nc(N(C([2H])([2H])[2H])[C@@]2([2H])CN(C(=O)C([2H])([2H])[N+]#[C-])CC[C@H]2C([2H])([2H])[2H])c2cc[nH]c2n1. The molecule has 0 spiro atoms. The van der Waals surface area contributed by atoms with E-state index in [0.717, 1.165) is 4.90 Å². The van der Waals surface area contributed by atoms with E-state index in [1.807, 2.05) is 0 Å². The minimum atomic E-state index is -3.14. The van der Waals surface area contributed by atoms with Gasteiger partial charge in [-0.2, -0.15) is 0 Å². The predicted molar refractivity (Wildman–Crippen MR) is 87.9 cm³/mol. The summed E-state index contributed by atoms with van der Waals surface area (Å²) in [5.74, 6) is -3.26. The van der Waals surface area contributed by atoms with Crippen LogP contribution in [0.2, 0.25) is 0 Å². The molecule has 120 valence electrons. The Kier molecular flexibility index (Phi) is 1.98. The summed E-state index contributed by atoms with van der Waals surface area (Å²) in [6.07, 6.45) is 0.497. The van der Waals surface area contributed by atoms with E-state index in [9.17, 15) is 4.79 Å². The smallest absolute Gasteiger partial charge is 0.302 e. The van der Waals surface area contributed by atoms with Gasteiger partial charge in [0.15, 0.2) is 0 Å². The molecule has 1 aliphatic heterocycles. The molecule has 1 fully saturated rings. The molecule has 1 saturated heterocycles. The number of piperidine rings is 1.